The molecule has 0 aliphatic heterocycles. The van der Waals surface area contributed by atoms with Crippen LogP contribution in [0, 0.1) is 0 Å². The number of benzene rings is 2. The Morgan fingerprint density at radius 2 is 1.72 bits per heavy atom. The van der Waals surface area contributed by atoms with E-state index in [1.807, 2.05) is 41.0 Å². The zero-order valence-electron chi connectivity index (χ0n) is 14.0. The Kier molecular flexibility index (Phi) is 4.39. The van der Waals surface area contributed by atoms with Crippen LogP contribution in [0.5, 0.6) is 0 Å². The first-order chi connectivity index (χ1) is 12.1. The van der Waals surface area contributed by atoms with Gasteiger partial charge in [0.1, 0.15) is 0 Å². The molecule has 0 fully saturated rings. The summed E-state index contributed by atoms with van der Waals surface area (Å²) in [5.74, 6) is -1.24. The first-order valence-corrected chi connectivity index (χ1v) is 7.65. The highest BCUT2D eigenvalue weighted by Gasteiger charge is 2.20. The minimum atomic E-state index is -0.626. The second-order valence-corrected chi connectivity index (χ2v) is 5.34. The van der Waals surface area contributed by atoms with E-state index in [9.17, 15) is 9.59 Å². The van der Waals surface area contributed by atoms with Crippen molar-refractivity contribution in [3.8, 4) is 0 Å². The number of fused-ring (bicyclic) bond motifs is 3. The number of esters is 2. The summed E-state index contributed by atoms with van der Waals surface area (Å²) < 4.78 is 11.4. The molecule has 0 radical (unpaired) electrons. The van der Waals surface area contributed by atoms with E-state index in [1.54, 1.807) is 12.3 Å². The van der Waals surface area contributed by atoms with Gasteiger partial charge in [-0.3, -0.25) is 0 Å². The third kappa shape index (κ3) is 2.70. The van der Waals surface area contributed by atoms with Crippen LogP contribution >= 0.6 is 0 Å². The van der Waals surface area contributed by atoms with E-state index in [-0.39, 0.29) is 5.57 Å². The predicted molar refractivity (Wildman–Crippen MR) is 97.8 cm³/mol. The molecule has 0 saturated carbocycles. The van der Waals surface area contributed by atoms with Gasteiger partial charge in [0, 0.05) is 28.6 Å². The van der Waals surface area contributed by atoms with Crippen molar-refractivity contribution in [2.45, 2.75) is 0 Å². The molecule has 5 nitrogen and oxygen atoms in total. The van der Waals surface area contributed by atoms with Crippen LogP contribution in [0.1, 0.15) is 5.56 Å². The average molecular weight is 335 g/mol. The summed E-state index contributed by atoms with van der Waals surface area (Å²) in [5, 5.41) is 1.98. The first kappa shape index (κ1) is 16.5. The lowest BCUT2D eigenvalue weighted by atomic mass is 10.0. The van der Waals surface area contributed by atoms with Crippen LogP contribution in [-0.4, -0.2) is 30.7 Å². The van der Waals surface area contributed by atoms with Gasteiger partial charge in [-0.15, -0.1) is 0 Å². The quantitative estimate of drug-likeness (QED) is 0.540. The molecule has 0 saturated heterocycles. The van der Waals surface area contributed by atoms with E-state index in [1.165, 1.54) is 14.2 Å². The molecular weight excluding hydrogens is 318 g/mol. The zero-order valence-corrected chi connectivity index (χ0v) is 14.0. The SMILES string of the molecule is C=Cn1c2ccccc2c2cccc(/C(=C/C(=O)OC)C(=O)OC)c21. The highest BCUT2D eigenvalue weighted by Crippen LogP contribution is 2.34. The number of para-hydroxylation sites is 2. The average Bonchev–Trinajstić information content (AvgIpc) is 2.99. The van der Waals surface area contributed by atoms with E-state index < -0.39 is 11.9 Å². The van der Waals surface area contributed by atoms with Crippen molar-refractivity contribution in [3.63, 3.8) is 0 Å². The molecule has 0 unspecified atom stereocenters. The third-order valence-corrected chi connectivity index (χ3v) is 4.07. The minimum absolute atomic E-state index is 0.130. The molecule has 1 aromatic heterocycles. The number of carbonyl (C=O) groups is 2. The molecule has 0 aliphatic rings. The number of hydrogen-bond acceptors (Lipinski definition) is 4. The second-order valence-electron chi connectivity index (χ2n) is 5.34. The van der Waals surface area contributed by atoms with Gasteiger partial charge in [0.05, 0.1) is 30.8 Å². The topological polar surface area (TPSA) is 57.5 Å². The number of rotatable bonds is 4. The van der Waals surface area contributed by atoms with Crippen LogP contribution in [0.25, 0.3) is 33.6 Å². The Bertz CT molecular complexity index is 1030. The molecular formula is C20H17NO4. The summed E-state index contributed by atoms with van der Waals surface area (Å²) in [4.78, 5) is 24.0. The lowest BCUT2D eigenvalue weighted by Crippen LogP contribution is -2.08. The minimum Gasteiger partial charge on any atom is -0.466 e. The maximum atomic E-state index is 12.3. The molecule has 126 valence electrons. The fourth-order valence-electron chi connectivity index (χ4n) is 2.99. The molecule has 0 N–H and O–H groups in total. The van der Waals surface area contributed by atoms with Gasteiger partial charge in [-0.05, 0) is 6.07 Å². The van der Waals surface area contributed by atoms with Crippen molar-refractivity contribution >= 4 is 45.5 Å². The summed E-state index contributed by atoms with van der Waals surface area (Å²) in [5.41, 5.74) is 2.44. The second kappa shape index (κ2) is 6.65. The molecule has 3 rings (SSSR count). The molecule has 25 heavy (non-hydrogen) atoms. The van der Waals surface area contributed by atoms with Crippen LogP contribution in [0.15, 0.2) is 55.1 Å². The van der Waals surface area contributed by atoms with Gasteiger partial charge in [0.2, 0.25) is 0 Å². The molecule has 0 aliphatic carbocycles. The summed E-state index contributed by atoms with van der Waals surface area (Å²) in [6.07, 6.45) is 2.83. The van der Waals surface area contributed by atoms with Crippen LogP contribution in [0.2, 0.25) is 0 Å². The molecule has 5 heteroatoms. The van der Waals surface area contributed by atoms with Crippen molar-refractivity contribution in [3.05, 3.63) is 60.7 Å². The standard InChI is InChI=1S/C20H17NO4/c1-4-21-17-11-6-5-8-13(17)14-9-7-10-15(19(14)21)16(20(23)25-3)12-18(22)24-2/h4-12H,1H2,2-3H3/b16-12-. The molecule has 0 bridgehead atoms. The summed E-state index contributed by atoms with van der Waals surface area (Å²) in [6.45, 7) is 3.88. The molecule has 1 heterocycles. The largest absolute Gasteiger partial charge is 0.466 e. The summed E-state index contributed by atoms with van der Waals surface area (Å²) in [7, 11) is 2.53. The molecule has 0 amide bonds. The Morgan fingerprint density at radius 1 is 1.00 bits per heavy atom. The van der Waals surface area contributed by atoms with Gasteiger partial charge < -0.3 is 14.0 Å². The van der Waals surface area contributed by atoms with E-state index in [4.69, 9.17) is 4.74 Å². The van der Waals surface area contributed by atoms with Crippen molar-refractivity contribution in [2.24, 2.45) is 0 Å². The number of ether oxygens (including phenoxy) is 2. The third-order valence-electron chi connectivity index (χ3n) is 4.07. The number of aromatic nitrogens is 1. The van der Waals surface area contributed by atoms with Gasteiger partial charge in [-0.1, -0.05) is 43.0 Å². The van der Waals surface area contributed by atoms with Gasteiger partial charge in [0.15, 0.2) is 0 Å². The fraction of sp³-hybridized carbons (Fsp3) is 0.100. The highest BCUT2D eigenvalue weighted by atomic mass is 16.5. The van der Waals surface area contributed by atoms with Crippen LogP contribution < -0.4 is 0 Å². The van der Waals surface area contributed by atoms with Crippen LogP contribution in [0.4, 0.5) is 0 Å². The summed E-state index contributed by atoms with van der Waals surface area (Å²) >= 11 is 0. The number of nitrogens with zero attached hydrogens (tertiary/aromatic N) is 1. The Morgan fingerprint density at radius 3 is 2.40 bits per heavy atom. The number of methoxy groups -OCH3 is 2. The Labute approximate surface area is 144 Å². The van der Waals surface area contributed by atoms with Crippen molar-refractivity contribution in [1.82, 2.24) is 4.57 Å². The Hall–Kier alpha value is -3.34. The normalized spacial score (nSPS) is 11.5. The lowest BCUT2D eigenvalue weighted by Gasteiger charge is -2.09. The van der Waals surface area contributed by atoms with Crippen molar-refractivity contribution in [1.29, 1.82) is 0 Å². The fourth-order valence-corrected chi connectivity index (χ4v) is 2.99. The molecule has 0 spiro atoms. The smallest absolute Gasteiger partial charge is 0.338 e. The number of hydrogen-bond donors (Lipinski definition) is 0. The van der Waals surface area contributed by atoms with E-state index in [2.05, 4.69) is 11.3 Å². The molecule has 3 aromatic rings. The van der Waals surface area contributed by atoms with E-state index in [0.717, 1.165) is 27.9 Å². The monoisotopic (exact) mass is 335 g/mol. The van der Waals surface area contributed by atoms with Crippen molar-refractivity contribution in [2.75, 3.05) is 14.2 Å². The van der Waals surface area contributed by atoms with Crippen LogP contribution in [-0.2, 0) is 19.1 Å². The van der Waals surface area contributed by atoms with E-state index in [0.29, 0.717) is 5.56 Å². The van der Waals surface area contributed by atoms with Gasteiger partial charge in [-0.2, -0.15) is 0 Å². The lowest BCUT2D eigenvalue weighted by molar-refractivity contribution is -0.136. The molecule has 0 atom stereocenters. The zero-order chi connectivity index (χ0) is 18.0. The maximum absolute atomic E-state index is 12.3. The van der Waals surface area contributed by atoms with Gasteiger partial charge in [0.25, 0.3) is 0 Å². The van der Waals surface area contributed by atoms with E-state index >= 15 is 0 Å². The van der Waals surface area contributed by atoms with Crippen LogP contribution in [0.3, 0.4) is 0 Å². The summed E-state index contributed by atoms with van der Waals surface area (Å²) in [6, 6.07) is 13.4. The maximum Gasteiger partial charge on any atom is 0.338 e. The number of carbonyl (C=O) groups excluding carboxylic acids is 2. The van der Waals surface area contributed by atoms with Crippen molar-refractivity contribution < 1.29 is 19.1 Å². The highest BCUT2D eigenvalue weighted by molar-refractivity contribution is 6.25. The predicted octanol–water partition coefficient (Wildman–Crippen LogP) is 3.62. The van der Waals surface area contributed by atoms with Gasteiger partial charge >= 0.3 is 11.9 Å². The van der Waals surface area contributed by atoms with Gasteiger partial charge in [-0.25, -0.2) is 9.59 Å². The molecule has 2 aromatic carbocycles. The first-order valence-electron chi connectivity index (χ1n) is 7.65. The Balaban J connectivity index is 2.43.